The highest BCUT2D eigenvalue weighted by Gasteiger charge is 2.10. The summed E-state index contributed by atoms with van der Waals surface area (Å²) in [5, 5.41) is 10.6. The van der Waals surface area contributed by atoms with Gasteiger partial charge in [-0.25, -0.2) is 0 Å². The molecular formula is C15H21N3. The number of aryl methyl sites for hydroxylation is 1. The highest BCUT2D eigenvalue weighted by Crippen LogP contribution is 2.19. The van der Waals surface area contributed by atoms with Crippen molar-refractivity contribution < 1.29 is 0 Å². The fourth-order valence-corrected chi connectivity index (χ4v) is 2.15. The van der Waals surface area contributed by atoms with Crippen LogP contribution in [0.1, 0.15) is 42.6 Å². The van der Waals surface area contributed by atoms with Crippen LogP contribution in [0.2, 0.25) is 0 Å². The molecule has 0 aliphatic heterocycles. The maximum absolute atomic E-state index is 4.05. The van der Waals surface area contributed by atoms with Gasteiger partial charge in [-0.2, -0.15) is 5.10 Å². The van der Waals surface area contributed by atoms with Gasteiger partial charge in [0.25, 0.3) is 0 Å². The van der Waals surface area contributed by atoms with Crippen LogP contribution in [0.25, 0.3) is 0 Å². The highest BCUT2D eigenvalue weighted by molar-refractivity contribution is 5.20. The van der Waals surface area contributed by atoms with Crippen LogP contribution < -0.4 is 5.32 Å². The standard InChI is InChI=1S/C15H21N3/c1-3-7-15(13-8-5-4-6-9-13)16-10-14-11-17-18-12(14)2/h4-6,8-9,11,15-16H,3,7,10H2,1-2H3,(H,17,18). The third kappa shape index (κ3) is 3.20. The number of hydrogen-bond donors (Lipinski definition) is 2. The summed E-state index contributed by atoms with van der Waals surface area (Å²) in [5.74, 6) is 0. The molecule has 0 bridgehead atoms. The molecule has 1 aromatic heterocycles. The van der Waals surface area contributed by atoms with Crippen LogP contribution >= 0.6 is 0 Å². The zero-order valence-electron chi connectivity index (χ0n) is 11.1. The lowest BCUT2D eigenvalue weighted by Crippen LogP contribution is -2.20. The minimum Gasteiger partial charge on any atom is -0.306 e. The average Bonchev–Trinajstić information content (AvgIpc) is 2.81. The highest BCUT2D eigenvalue weighted by atomic mass is 15.1. The SMILES string of the molecule is CCCC(NCc1cn[nH]c1C)c1ccccc1. The molecule has 1 atom stereocenters. The van der Waals surface area contributed by atoms with E-state index in [1.165, 1.54) is 17.5 Å². The topological polar surface area (TPSA) is 40.7 Å². The Morgan fingerprint density at radius 1 is 1.28 bits per heavy atom. The van der Waals surface area contributed by atoms with E-state index in [4.69, 9.17) is 0 Å². The second kappa shape index (κ2) is 6.36. The van der Waals surface area contributed by atoms with Gasteiger partial charge in [-0.1, -0.05) is 43.7 Å². The Morgan fingerprint density at radius 2 is 2.06 bits per heavy atom. The van der Waals surface area contributed by atoms with Crippen molar-refractivity contribution in [2.45, 2.75) is 39.3 Å². The first kappa shape index (κ1) is 12.8. The molecule has 2 rings (SSSR count). The van der Waals surface area contributed by atoms with Gasteiger partial charge in [0.15, 0.2) is 0 Å². The number of rotatable bonds is 6. The molecule has 0 aliphatic carbocycles. The zero-order valence-corrected chi connectivity index (χ0v) is 11.1. The number of nitrogens with one attached hydrogen (secondary N) is 2. The van der Waals surface area contributed by atoms with Gasteiger partial charge in [0.05, 0.1) is 6.20 Å². The molecule has 18 heavy (non-hydrogen) atoms. The van der Waals surface area contributed by atoms with E-state index in [1.54, 1.807) is 0 Å². The molecule has 1 aromatic carbocycles. The Balaban J connectivity index is 2.01. The molecule has 0 saturated heterocycles. The van der Waals surface area contributed by atoms with Gasteiger partial charge in [-0.3, -0.25) is 5.10 Å². The quantitative estimate of drug-likeness (QED) is 0.817. The van der Waals surface area contributed by atoms with E-state index < -0.39 is 0 Å². The van der Waals surface area contributed by atoms with E-state index in [1.807, 2.05) is 6.20 Å². The van der Waals surface area contributed by atoms with Gasteiger partial charge in [-0.05, 0) is 18.9 Å². The van der Waals surface area contributed by atoms with Crippen LogP contribution in [0.15, 0.2) is 36.5 Å². The van der Waals surface area contributed by atoms with E-state index in [0.717, 1.165) is 18.7 Å². The van der Waals surface area contributed by atoms with Gasteiger partial charge >= 0.3 is 0 Å². The van der Waals surface area contributed by atoms with Crippen molar-refractivity contribution in [3.63, 3.8) is 0 Å². The zero-order chi connectivity index (χ0) is 12.8. The van der Waals surface area contributed by atoms with Crippen LogP contribution in [0.3, 0.4) is 0 Å². The summed E-state index contributed by atoms with van der Waals surface area (Å²) < 4.78 is 0. The summed E-state index contributed by atoms with van der Waals surface area (Å²) in [6.07, 6.45) is 4.23. The largest absolute Gasteiger partial charge is 0.306 e. The van der Waals surface area contributed by atoms with Crippen LogP contribution in [-0.4, -0.2) is 10.2 Å². The molecule has 2 N–H and O–H groups in total. The Labute approximate surface area is 109 Å². The maximum atomic E-state index is 4.05. The second-order valence-electron chi connectivity index (χ2n) is 4.65. The lowest BCUT2D eigenvalue weighted by Gasteiger charge is -2.18. The monoisotopic (exact) mass is 243 g/mol. The lowest BCUT2D eigenvalue weighted by atomic mass is 10.0. The summed E-state index contributed by atoms with van der Waals surface area (Å²) in [6, 6.07) is 11.1. The predicted molar refractivity (Wildman–Crippen MR) is 74.3 cm³/mol. The minimum absolute atomic E-state index is 0.422. The Hall–Kier alpha value is -1.61. The predicted octanol–water partition coefficient (Wildman–Crippen LogP) is 3.35. The van der Waals surface area contributed by atoms with Crippen LogP contribution in [-0.2, 0) is 6.54 Å². The first-order valence-electron chi connectivity index (χ1n) is 6.58. The Bertz CT molecular complexity index is 462. The van der Waals surface area contributed by atoms with Crippen molar-refractivity contribution >= 4 is 0 Å². The van der Waals surface area contributed by atoms with E-state index in [2.05, 4.69) is 59.7 Å². The van der Waals surface area contributed by atoms with Crippen molar-refractivity contribution in [2.75, 3.05) is 0 Å². The van der Waals surface area contributed by atoms with Crippen molar-refractivity contribution in [2.24, 2.45) is 0 Å². The maximum Gasteiger partial charge on any atom is 0.0535 e. The molecule has 3 heteroatoms. The first-order chi connectivity index (χ1) is 8.81. The molecular weight excluding hydrogens is 222 g/mol. The number of aromatic nitrogens is 2. The summed E-state index contributed by atoms with van der Waals surface area (Å²) in [6.45, 7) is 5.14. The van der Waals surface area contributed by atoms with Crippen molar-refractivity contribution in [1.29, 1.82) is 0 Å². The molecule has 3 nitrogen and oxygen atoms in total. The number of H-pyrrole nitrogens is 1. The van der Waals surface area contributed by atoms with Gasteiger partial charge in [0.1, 0.15) is 0 Å². The summed E-state index contributed by atoms with van der Waals surface area (Å²) in [5.41, 5.74) is 3.75. The van der Waals surface area contributed by atoms with Crippen molar-refractivity contribution in [1.82, 2.24) is 15.5 Å². The molecule has 2 aromatic rings. The molecule has 0 radical (unpaired) electrons. The molecule has 0 aliphatic rings. The third-order valence-electron chi connectivity index (χ3n) is 3.25. The molecule has 1 heterocycles. The van der Waals surface area contributed by atoms with Gasteiger partial charge in [0.2, 0.25) is 0 Å². The average molecular weight is 243 g/mol. The van der Waals surface area contributed by atoms with E-state index in [9.17, 15) is 0 Å². The number of aromatic amines is 1. The number of benzene rings is 1. The normalized spacial score (nSPS) is 12.6. The first-order valence-corrected chi connectivity index (χ1v) is 6.58. The van der Waals surface area contributed by atoms with Gasteiger partial charge in [-0.15, -0.1) is 0 Å². The molecule has 0 amide bonds. The van der Waals surface area contributed by atoms with Gasteiger partial charge in [0, 0.05) is 23.8 Å². The second-order valence-corrected chi connectivity index (χ2v) is 4.65. The third-order valence-corrected chi connectivity index (χ3v) is 3.25. The molecule has 1 unspecified atom stereocenters. The fraction of sp³-hybridized carbons (Fsp3) is 0.400. The van der Waals surface area contributed by atoms with Crippen LogP contribution in [0.4, 0.5) is 0 Å². The fourth-order valence-electron chi connectivity index (χ4n) is 2.15. The molecule has 0 fully saturated rings. The summed E-state index contributed by atoms with van der Waals surface area (Å²) in [4.78, 5) is 0. The molecule has 0 spiro atoms. The Kier molecular flexibility index (Phi) is 4.53. The summed E-state index contributed by atoms with van der Waals surface area (Å²) >= 11 is 0. The smallest absolute Gasteiger partial charge is 0.0535 e. The van der Waals surface area contributed by atoms with E-state index in [0.29, 0.717) is 6.04 Å². The van der Waals surface area contributed by atoms with Crippen LogP contribution in [0.5, 0.6) is 0 Å². The van der Waals surface area contributed by atoms with Crippen molar-refractivity contribution in [3.8, 4) is 0 Å². The number of hydrogen-bond acceptors (Lipinski definition) is 2. The van der Waals surface area contributed by atoms with Crippen molar-refractivity contribution in [3.05, 3.63) is 53.3 Å². The lowest BCUT2D eigenvalue weighted by molar-refractivity contribution is 0.493. The summed E-state index contributed by atoms with van der Waals surface area (Å²) in [7, 11) is 0. The molecule has 96 valence electrons. The van der Waals surface area contributed by atoms with E-state index >= 15 is 0 Å². The van der Waals surface area contributed by atoms with E-state index in [-0.39, 0.29) is 0 Å². The van der Waals surface area contributed by atoms with Crippen LogP contribution in [0, 0.1) is 6.92 Å². The number of nitrogens with zero attached hydrogens (tertiary/aromatic N) is 1. The van der Waals surface area contributed by atoms with Gasteiger partial charge < -0.3 is 5.32 Å². The Morgan fingerprint density at radius 3 is 2.67 bits per heavy atom. The molecule has 0 saturated carbocycles. The minimum atomic E-state index is 0.422.